The minimum absolute atomic E-state index is 0. The normalized spacial score (nSPS) is 14.4. The van der Waals surface area contributed by atoms with Crippen molar-refractivity contribution < 1.29 is 52.2 Å². The van der Waals surface area contributed by atoms with Crippen LogP contribution in [-0.2, 0) is 17.3 Å². The van der Waals surface area contributed by atoms with Crippen LogP contribution in [0.15, 0.2) is 24.3 Å². The Morgan fingerprint density at radius 3 is 2.60 bits per heavy atom. The molecule has 1 atom stereocenters. The molecule has 0 aliphatic heterocycles. The Balaban J connectivity index is 0.00000361. The fourth-order valence-corrected chi connectivity index (χ4v) is 3.93. The zero-order valence-electron chi connectivity index (χ0n) is 11.2. The van der Waals surface area contributed by atoms with E-state index in [1.165, 1.54) is 12.1 Å². The summed E-state index contributed by atoms with van der Waals surface area (Å²) in [6, 6.07) is 4.60. The molecule has 0 bridgehead atoms. The minimum Gasteiger partial charge on any atom is -0.780 e. The average molecular weight is 335 g/mol. The standard InChI is InChI=1S/C11H15F3NO2PS.Na/c1-2-6-19-18(16,17)15-8-9-4-3-5-10(7-9)11(12,13)14;/h3-5,7H,2,6,8H2,1H3,(H2,15,16,17);/q;+1/p-1. The maximum absolute atomic E-state index is 12.5. The average Bonchev–Trinajstić information content (AvgIpc) is 2.34. The van der Waals surface area contributed by atoms with Crippen LogP contribution in [0, 0.1) is 0 Å². The van der Waals surface area contributed by atoms with Gasteiger partial charge in [-0.1, -0.05) is 36.5 Å². The van der Waals surface area contributed by atoms with Crippen LogP contribution in [0.5, 0.6) is 0 Å². The predicted octanol–water partition coefficient (Wildman–Crippen LogP) is 0.411. The molecule has 0 heterocycles. The van der Waals surface area contributed by atoms with Crippen molar-refractivity contribution >= 4 is 18.1 Å². The van der Waals surface area contributed by atoms with E-state index in [1.54, 1.807) is 0 Å². The van der Waals surface area contributed by atoms with Crippen LogP contribution in [0.1, 0.15) is 24.5 Å². The van der Waals surface area contributed by atoms with Crippen molar-refractivity contribution in [2.45, 2.75) is 26.1 Å². The molecule has 0 amide bonds. The van der Waals surface area contributed by atoms with E-state index in [2.05, 4.69) is 5.09 Å². The first-order valence-corrected chi connectivity index (χ1v) is 8.83. The maximum Gasteiger partial charge on any atom is 1.00 e. The molecule has 1 aromatic carbocycles. The molecular weight excluding hydrogens is 321 g/mol. The van der Waals surface area contributed by atoms with Gasteiger partial charge in [0.05, 0.1) is 5.56 Å². The molecule has 1 aromatic rings. The zero-order chi connectivity index (χ0) is 14.5. The smallest absolute Gasteiger partial charge is 0.780 e. The van der Waals surface area contributed by atoms with Gasteiger partial charge in [0.1, 0.15) is 6.72 Å². The number of alkyl halides is 3. The third-order valence-corrected chi connectivity index (χ3v) is 5.63. The summed E-state index contributed by atoms with van der Waals surface area (Å²) in [4.78, 5) is 11.5. The summed E-state index contributed by atoms with van der Waals surface area (Å²) in [6.07, 6.45) is -3.71. The van der Waals surface area contributed by atoms with Crippen molar-refractivity contribution in [1.82, 2.24) is 5.09 Å². The molecule has 0 spiro atoms. The van der Waals surface area contributed by atoms with E-state index in [0.29, 0.717) is 12.2 Å². The molecule has 3 nitrogen and oxygen atoms in total. The first kappa shape index (κ1) is 20.5. The first-order chi connectivity index (χ1) is 8.74. The van der Waals surface area contributed by atoms with E-state index in [9.17, 15) is 22.6 Å². The SMILES string of the molecule is CCCSP(=O)([O-])NCc1cccc(C(F)(F)F)c1.[Na+]. The molecule has 1 rings (SSSR count). The quantitative estimate of drug-likeness (QED) is 0.604. The number of benzene rings is 1. The summed E-state index contributed by atoms with van der Waals surface area (Å²) < 4.78 is 48.9. The number of hydrogen-bond acceptors (Lipinski definition) is 3. The Hall–Kier alpha value is 0.510. The van der Waals surface area contributed by atoms with Gasteiger partial charge in [-0.05, 0) is 18.1 Å². The van der Waals surface area contributed by atoms with Gasteiger partial charge in [0.25, 0.3) is 0 Å². The van der Waals surface area contributed by atoms with Crippen LogP contribution in [0.25, 0.3) is 0 Å². The Kier molecular flexibility index (Phi) is 9.06. The van der Waals surface area contributed by atoms with Crippen LogP contribution in [0.3, 0.4) is 0 Å². The van der Waals surface area contributed by atoms with E-state index in [-0.39, 0.29) is 41.7 Å². The summed E-state index contributed by atoms with van der Waals surface area (Å²) >= 11 is 0.774. The molecule has 9 heteroatoms. The molecule has 0 aliphatic carbocycles. The van der Waals surface area contributed by atoms with E-state index < -0.39 is 18.5 Å². The van der Waals surface area contributed by atoms with Gasteiger partial charge in [0.15, 0.2) is 0 Å². The van der Waals surface area contributed by atoms with Crippen LogP contribution < -0.4 is 39.5 Å². The van der Waals surface area contributed by atoms with Gasteiger partial charge in [-0.2, -0.15) is 13.2 Å². The fraction of sp³-hybridized carbons (Fsp3) is 0.455. The van der Waals surface area contributed by atoms with Gasteiger partial charge in [-0.15, -0.1) is 0 Å². The second-order valence-corrected chi connectivity index (χ2v) is 8.06. The summed E-state index contributed by atoms with van der Waals surface area (Å²) in [7, 11) is 0. The maximum atomic E-state index is 12.5. The Morgan fingerprint density at radius 2 is 2.05 bits per heavy atom. The van der Waals surface area contributed by atoms with Crippen molar-refractivity contribution in [3.8, 4) is 0 Å². The van der Waals surface area contributed by atoms with Gasteiger partial charge in [-0.3, -0.25) is 5.09 Å². The Labute approximate surface area is 142 Å². The van der Waals surface area contributed by atoms with E-state index in [1.807, 2.05) is 6.92 Å². The number of nitrogens with one attached hydrogen (secondary N) is 1. The third-order valence-electron chi connectivity index (χ3n) is 2.20. The zero-order valence-corrected chi connectivity index (χ0v) is 14.9. The minimum atomic E-state index is -4.42. The monoisotopic (exact) mass is 335 g/mol. The number of hydrogen-bond donors (Lipinski definition) is 1. The summed E-state index contributed by atoms with van der Waals surface area (Å²) in [5.41, 5.74) is -0.503. The van der Waals surface area contributed by atoms with Gasteiger partial charge >= 0.3 is 35.7 Å². The molecule has 0 aliphatic rings. The van der Waals surface area contributed by atoms with E-state index in [4.69, 9.17) is 0 Å². The molecule has 0 saturated heterocycles. The topological polar surface area (TPSA) is 52.2 Å². The molecular formula is C11H14F3NNaO2PS. The number of halogens is 3. The van der Waals surface area contributed by atoms with Gasteiger partial charge in [0, 0.05) is 12.3 Å². The first-order valence-electron chi connectivity index (χ1n) is 5.61. The molecule has 20 heavy (non-hydrogen) atoms. The van der Waals surface area contributed by atoms with Crippen LogP contribution in [0.2, 0.25) is 0 Å². The Bertz CT molecular complexity index is 473. The summed E-state index contributed by atoms with van der Waals surface area (Å²) in [5, 5.41) is 2.28. The molecule has 108 valence electrons. The van der Waals surface area contributed by atoms with Crippen molar-refractivity contribution in [1.29, 1.82) is 0 Å². The van der Waals surface area contributed by atoms with Crippen LogP contribution in [0.4, 0.5) is 13.2 Å². The van der Waals surface area contributed by atoms with Gasteiger partial charge < -0.3 is 9.46 Å². The molecule has 0 aromatic heterocycles. The number of rotatable bonds is 6. The third kappa shape index (κ3) is 7.50. The van der Waals surface area contributed by atoms with Crippen molar-refractivity contribution in [2.24, 2.45) is 0 Å². The van der Waals surface area contributed by atoms with Gasteiger partial charge in [0.2, 0.25) is 0 Å². The van der Waals surface area contributed by atoms with Crippen LogP contribution in [-0.4, -0.2) is 5.75 Å². The molecule has 0 fully saturated rings. The van der Waals surface area contributed by atoms with Crippen molar-refractivity contribution in [2.75, 3.05) is 5.75 Å². The summed E-state index contributed by atoms with van der Waals surface area (Å²) in [6.45, 7) is -2.09. The predicted molar refractivity (Wildman–Crippen MR) is 68.6 cm³/mol. The molecule has 1 unspecified atom stereocenters. The second-order valence-electron chi connectivity index (χ2n) is 3.86. The van der Waals surface area contributed by atoms with E-state index >= 15 is 0 Å². The van der Waals surface area contributed by atoms with E-state index in [0.717, 1.165) is 23.5 Å². The van der Waals surface area contributed by atoms with Crippen molar-refractivity contribution in [3.05, 3.63) is 35.4 Å². The second kappa shape index (κ2) is 8.83. The van der Waals surface area contributed by atoms with Crippen LogP contribution >= 0.6 is 18.1 Å². The summed E-state index contributed by atoms with van der Waals surface area (Å²) in [5.74, 6) is 0.455. The van der Waals surface area contributed by atoms with Crippen molar-refractivity contribution in [3.63, 3.8) is 0 Å². The molecule has 1 N–H and O–H groups in total. The molecule has 0 radical (unpaired) electrons. The Morgan fingerprint density at radius 1 is 1.40 bits per heavy atom. The molecule has 0 saturated carbocycles. The fourth-order valence-electron chi connectivity index (χ4n) is 1.30. The van der Waals surface area contributed by atoms with Gasteiger partial charge in [-0.25, -0.2) is 0 Å². The largest absolute Gasteiger partial charge is 1.00 e.